The van der Waals surface area contributed by atoms with E-state index in [1.54, 1.807) is 0 Å². The molecule has 0 aromatic carbocycles. The van der Waals surface area contributed by atoms with Gasteiger partial charge in [0.25, 0.3) is 0 Å². The number of ether oxygens (including phenoxy) is 4. The first-order valence-electron chi connectivity index (χ1n) is 10.9. The summed E-state index contributed by atoms with van der Waals surface area (Å²) < 4.78 is 20.5. The van der Waals surface area contributed by atoms with Gasteiger partial charge in [-0.05, 0) is 60.3 Å². The summed E-state index contributed by atoms with van der Waals surface area (Å²) in [5, 5.41) is 0. The highest BCUT2D eigenvalue weighted by atomic mass is 16.7. The highest BCUT2D eigenvalue weighted by molar-refractivity contribution is 4.49. The summed E-state index contributed by atoms with van der Waals surface area (Å²) in [5.74, 6) is 1.78. The second-order valence-electron chi connectivity index (χ2n) is 8.38. The van der Waals surface area contributed by atoms with Crippen molar-refractivity contribution < 1.29 is 18.9 Å². The van der Waals surface area contributed by atoms with Crippen LogP contribution < -0.4 is 0 Å². The summed E-state index contributed by atoms with van der Waals surface area (Å²) in [6, 6.07) is 0. The van der Waals surface area contributed by atoms with E-state index < -0.39 is 0 Å². The minimum absolute atomic E-state index is 0.267. The van der Waals surface area contributed by atoms with E-state index in [-0.39, 0.29) is 12.2 Å². The van der Waals surface area contributed by atoms with E-state index in [1.165, 1.54) is 19.3 Å². The molecule has 168 valence electrons. The van der Waals surface area contributed by atoms with Crippen molar-refractivity contribution in [3.05, 3.63) is 0 Å². The monoisotopic (exact) mass is 392 g/mol. The Hall–Kier alpha value is -0.160. The van der Waals surface area contributed by atoms with Gasteiger partial charge in [-0.25, -0.2) is 0 Å². The van der Waals surface area contributed by atoms with Crippen LogP contribution in [0.2, 0.25) is 0 Å². The Balaban J connectivity index is -0.000000320. The van der Waals surface area contributed by atoms with Crippen molar-refractivity contribution in [3.63, 3.8) is 0 Å². The van der Waals surface area contributed by atoms with Crippen LogP contribution in [0.4, 0.5) is 0 Å². The van der Waals surface area contributed by atoms with Crippen molar-refractivity contribution in [2.45, 2.75) is 114 Å². The summed E-state index contributed by atoms with van der Waals surface area (Å²) >= 11 is 0. The van der Waals surface area contributed by atoms with Crippen LogP contribution in [0.5, 0.6) is 0 Å². The molecule has 0 saturated heterocycles. The van der Waals surface area contributed by atoms with Crippen LogP contribution in [-0.4, -0.2) is 44.9 Å². The fourth-order valence-electron chi connectivity index (χ4n) is 1.73. The fraction of sp³-hybridized carbons (Fsp3) is 1.00. The van der Waals surface area contributed by atoms with Gasteiger partial charge in [-0.15, -0.1) is 0 Å². The van der Waals surface area contributed by atoms with Gasteiger partial charge >= 0.3 is 0 Å². The predicted molar refractivity (Wildman–Crippen MR) is 118 cm³/mol. The molecule has 0 aliphatic heterocycles. The first kappa shape index (κ1) is 31.5. The summed E-state index contributed by atoms with van der Waals surface area (Å²) in [4.78, 5) is 0. The molecule has 0 amide bonds. The second-order valence-corrected chi connectivity index (χ2v) is 8.38. The lowest BCUT2D eigenvalue weighted by Gasteiger charge is -2.09. The average Bonchev–Trinajstić information content (AvgIpc) is 2.51. The molecule has 0 saturated carbocycles. The highest BCUT2D eigenvalue weighted by Gasteiger charge is 1.96. The molecule has 0 bridgehead atoms. The Kier molecular flexibility index (Phi) is 27.9. The van der Waals surface area contributed by atoms with E-state index in [0.29, 0.717) is 26.1 Å². The lowest BCUT2D eigenvalue weighted by Crippen LogP contribution is -2.11. The zero-order valence-electron chi connectivity index (χ0n) is 20.5. The molecule has 0 atom stereocenters. The molecule has 0 fully saturated rings. The molecule has 0 N–H and O–H groups in total. The Bertz CT molecular complexity index is 217. The van der Waals surface area contributed by atoms with Gasteiger partial charge in [-0.2, -0.15) is 0 Å². The van der Waals surface area contributed by atoms with Gasteiger partial charge in [-0.1, -0.05) is 47.0 Å². The Morgan fingerprint density at radius 1 is 0.556 bits per heavy atom. The molecule has 4 nitrogen and oxygen atoms in total. The maximum absolute atomic E-state index is 5.22. The van der Waals surface area contributed by atoms with E-state index in [9.17, 15) is 0 Å². The van der Waals surface area contributed by atoms with Crippen molar-refractivity contribution in [3.8, 4) is 0 Å². The zero-order chi connectivity index (χ0) is 21.7. The molecule has 0 aromatic heterocycles. The molecule has 0 aromatic rings. The van der Waals surface area contributed by atoms with Crippen molar-refractivity contribution in [1.29, 1.82) is 0 Å². The lowest BCUT2D eigenvalue weighted by molar-refractivity contribution is -0.0994. The van der Waals surface area contributed by atoms with Gasteiger partial charge in [0.1, 0.15) is 6.79 Å². The quantitative estimate of drug-likeness (QED) is 0.258. The highest BCUT2D eigenvalue weighted by Crippen LogP contribution is 2.10. The Morgan fingerprint density at radius 2 is 0.963 bits per heavy atom. The third-order valence-electron chi connectivity index (χ3n) is 3.25. The molecular formula is C23H52O4. The number of hydrogen-bond donors (Lipinski definition) is 0. The largest absolute Gasteiger partial charge is 0.379 e. The number of rotatable bonds is 13. The SMILES string of the molecule is CC(C)CCCC(C)C.CC(C)OCOC(C)C.CCOCCOC(C)C. The zero-order valence-corrected chi connectivity index (χ0v) is 20.5. The van der Waals surface area contributed by atoms with Gasteiger partial charge in [0.15, 0.2) is 0 Å². The summed E-state index contributed by atoms with van der Waals surface area (Å²) in [5.41, 5.74) is 0. The van der Waals surface area contributed by atoms with Crippen LogP contribution in [-0.2, 0) is 18.9 Å². The van der Waals surface area contributed by atoms with Crippen LogP contribution in [0.3, 0.4) is 0 Å². The van der Waals surface area contributed by atoms with Crippen LogP contribution in [0, 0.1) is 11.8 Å². The first-order chi connectivity index (χ1) is 12.5. The van der Waals surface area contributed by atoms with Gasteiger partial charge in [0, 0.05) is 6.61 Å². The maximum Gasteiger partial charge on any atom is 0.147 e. The van der Waals surface area contributed by atoms with Crippen molar-refractivity contribution >= 4 is 0 Å². The van der Waals surface area contributed by atoms with Gasteiger partial charge in [0.05, 0.1) is 31.5 Å². The minimum Gasteiger partial charge on any atom is -0.379 e. The Labute approximate surface area is 171 Å². The molecule has 0 rings (SSSR count). The van der Waals surface area contributed by atoms with Crippen LogP contribution in [0.15, 0.2) is 0 Å². The normalized spacial score (nSPS) is 11.1. The average molecular weight is 393 g/mol. The summed E-state index contributed by atoms with van der Waals surface area (Å²) in [7, 11) is 0. The van der Waals surface area contributed by atoms with Crippen LogP contribution in [0.1, 0.15) is 95.4 Å². The third kappa shape index (κ3) is 46.1. The van der Waals surface area contributed by atoms with Crippen molar-refractivity contribution in [2.75, 3.05) is 26.6 Å². The van der Waals surface area contributed by atoms with E-state index in [1.807, 2.05) is 48.5 Å². The fourth-order valence-corrected chi connectivity index (χ4v) is 1.73. The van der Waals surface area contributed by atoms with Crippen molar-refractivity contribution in [1.82, 2.24) is 0 Å². The Morgan fingerprint density at radius 3 is 1.26 bits per heavy atom. The molecule has 0 radical (unpaired) electrons. The minimum atomic E-state index is 0.267. The summed E-state index contributed by atoms with van der Waals surface area (Å²) in [6.45, 7) is 25.8. The smallest absolute Gasteiger partial charge is 0.147 e. The van der Waals surface area contributed by atoms with E-state index >= 15 is 0 Å². The van der Waals surface area contributed by atoms with Crippen LogP contribution in [0.25, 0.3) is 0 Å². The first-order valence-corrected chi connectivity index (χ1v) is 10.9. The molecule has 0 aliphatic carbocycles. The third-order valence-corrected chi connectivity index (χ3v) is 3.25. The molecule has 0 heterocycles. The van der Waals surface area contributed by atoms with Gasteiger partial charge in [-0.3, -0.25) is 0 Å². The molecule has 0 aliphatic rings. The molecule has 4 heteroatoms. The van der Waals surface area contributed by atoms with Crippen molar-refractivity contribution in [2.24, 2.45) is 11.8 Å². The molecule has 27 heavy (non-hydrogen) atoms. The standard InChI is InChI=1S/C9H20.2C7H16O2/c1-8(2)6-5-7-9(3)4;1-6(2)8-5-9-7(3)4;1-4-8-5-6-9-7(2)3/h8-9H,5-7H2,1-4H3;6-7H,5H2,1-4H3;7H,4-6H2,1-3H3. The van der Waals surface area contributed by atoms with E-state index in [2.05, 4.69) is 27.7 Å². The van der Waals surface area contributed by atoms with Gasteiger partial charge in [0.2, 0.25) is 0 Å². The molecule has 0 unspecified atom stereocenters. The van der Waals surface area contributed by atoms with Gasteiger partial charge < -0.3 is 18.9 Å². The molecule has 0 spiro atoms. The topological polar surface area (TPSA) is 36.9 Å². The predicted octanol–water partition coefficient (Wildman–Crippen LogP) is 6.71. The maximum atomic E-state index is 5.22. The lowest BCUT2D eigenvalue weighted by atomic mass is 10.0. The van der Waals surface area contributed by atoms with Crippen LogP contribution >= 0.6 is 0 Å². The summed E-state index contributed by atoms with van der Waals surface area (Å²) in [6.07, 6.45) is 5.07. The van der Waals surface area contributed by atoms with E-state index in [4.69, 9.17) is 18.9 Å². The second kappa shape index (κ2) is 23.9. The molecular weight excluding hydrogens is 340 g/mol. The van der Waals surface area contributed by atoms with E-state index in [0.717, 1.165) is 18.4 Å². The number of hydrogen-bond acceptors (Lipinski definition) is 4.